The number of carboxylic acids is 1. The van der Waals surface area contributed by atoms with Crippen LogP contribution in [0.1, 0.15) is 12.7 Å². The molecule has 1 heterocycles. The van der Waals surface area contributed by atoms with Gasteiger partial charge in [0.15, 0.2) is 5.16 Å². The van der Waals surface area contributed by atoms with Crippen LogP contribution in [0.4, 0.5) is 0 Å². The van der Waals surface area contributed by atoms with Crippen LogP contribution in [0, 0.1) is 0 Å². The number of thioether (sulfide) groups is 1. The highest BCUT2D eigenvalue weighted by Gasteiger charge is 2.17. The van der Waals surface area contributed by atoms with Gasteiger partial charge in [-0.05, 0) is 28.1 Å². The van der Waals surface area contributed by atoms with Crippen molar-refractivity contribution in [3.05, 3.63) is 33.5 Å². The average molecular weight is 377 g/mol. The Morgan fingerprint density at radius 1 is 1.50 bits per heavy atom. The van der Waals surface area contributed by atoms with Gasteiger partial charge in [-0.2, -0.15) is 0 Å². The van der Waals surface area contributed by atoms with Gasteiger partial charge in [-0.3, -0.25) is 9.36 Å². The van der Waals surface area contributed by atoms with E-state index < -0.39 is 5.97 Å². The first-order valence-corrected chi connectivity index (χ1v) is 7.93. The number of aliphatic carboxylic acids is 1. The van der Waals surface area contributed by atoms with E-state index in [1.165, 1.54) is 0 Å². The van der Waals surface area contributed by atoms with Crippen molar-refractivity contribution in [2.75, 3.05) is 5.75 Å². The quantitative estimate of drug-likeness (QED) is 0.810. The Morgan fingerprint density at radius 2 is 2.25 bits per heavy atom. The van der Waals surface area contributed by atoms with Crippen LogP contribution >= 0.6 is 39.3 Å². The topological polar surface area (TPSA) is 68.0 Å². The largest absolute Gasteiger partial charge is 0.481 e. The Morgan fingerprint density at radius 3 is 2.90 bits per heavy atom. The third kappa shape index (κ3) is 3.16. The van der Waals surface area contributed by atoms with Crippen LogP contribution in [0.5, 0.6) is 0 Å². The maximum absolute atomic E-state index is 10.7. The minimum Gasteiger partial charge on any atom is -0.481 e. The first-order valence-electron chi connectivity index (χ1n) is 5.77. The molecule has 0 amide bonds. The van der Waals surface area contributed by atoms with E-state index in [-0.39, 0.29) is 5.75 Å². The molecule has 0 fully saturated rings. The first-order chi connectivity index (χ1) is 9.54. The number of aryl methyl sites for hydroxylation is 1. The number of hydrogen-bond acceptors (Lipinski definition) is 4. The number of benzene rings is 1. The van der Waals surface area contributed by atoms with Crippen molar-refractivity contribution >= 4 is 45.3 Å². The van der Waals surface area contributed by atoms with Crippen LogP contribution in [0.2, 0.25) is 5.02 Å². The fourth-order valence-corrected chi connectivity index (χ4v) is 2.95. The van der Waals surface area contributed by atoms with Crippen molar-refractivity contribution in [3.8, 4) is 5.69 Å². The molecule has 0 bridgehead atoms. The van der Waals surface area contributed by atoms with Gasteiger partial charge in [0.1, 0.15) is 5.82 Å². The lowest BCUT2D eigenvalue weighted by atomic mass is 10.3. The third-order valence-corrected chi connectivity index (χ3v) is 4.80. The summed E-state index contributed by atoms with van der Waals surface area (Å²) in [4.78, 5) is 10.7. The van der Waals surface area contributed by atoms with E-state index in [2.05, 4.69) is 26.1 Å². The average Bonchev–Trinajstić information content (AvgIpc) is 2.82. The number of aromatic nitrogens is 3. The highest BCUT2D eigenvalue weighted by Crippen LogP contribution is 2.32. The van der Waals surface area contributed by atoms with Crippen molar-refractivity contribution in [2.24, 2.45) is 0 Å². The van der Waals surface area contributed by atoms with Gasteiger partial charge in [-0.25, -0.2) is 0 Å². The predicted octanol–water partition coefficient (Wildman–Crippen LogP) is 3.42. The summed E-state index contributed by atoms with van der Waals surface area (Å²) in [6.45, 7) is 1.96. The molecule has 0 saturated heterocycles. The van der Waals surface area contributed by atoms with Crippen molar-refractivity contribution < 1.29 is 9.90 Å². The molecule has 0 aliphatic rings. The maximum Gasteiger partial charge on any atom is 0.313 e. The van der Waals surface area contributed by atoms with Gasteiger partial charge in [0.05, 0.1) is 20.9 Å². The second-order valence-corrected chi connectivity index (χ2v) is 5.99. The van der Waals surface area contributed by atoms with Gasteiger partial charge in [0.2, 0.25) is 0 Å². The van der Waals surface area contributed by atoms with E-state index in [4.69, 9.17) is 16.7 Å². The summed E-state index contributed by atoms with van der Waals surface area (Å²) in [6.07, 6.45) is 0.680. The minimum absolute atomic E-state index is 0.0694. The van der Waals surface area contributed by atoms with E-state index >= 15 is 0 Å². The summed E-state index contributed by atoms with van der Waals surface area (Å²) in [7, 11) is 0. The van der Waals surface area contributed by atoms with E-state index in [1.807, 2.05) is 23.6 Å². The molecule has 5 nitrogen and oxygen atoms in total. The Balaban J connectivity index is 2.50. The van der Waals surface area contributed by atoms with Crippen LogP contribution < -0.4 is 0 Å². The van der Waals surface area contributed by atoms with Gasteiger partial charge in [0, 0.05) is 6.42 Å². The summed E-state index contributed by atoms with van der Waals surface area (Å²) >= 11 is 10.7. The summed E-state index contributed by atoms with van der Waals surface area (Å²) in [6, 6.07) is 5.48. The smallest absolute Gasteiger partial charge is 0.313 e. The van der Waals surface area contributed by atoms with Gasteiger partial charge in [0.25, 0.3) is 0 Å². The number of carboxylic acid groups (broad SMARTS) is 1. The lowest BCUT2D eigenvalue weighted by Gasteiger charge is -2.11. The van der Waals surface area contributed by atoms with Crippen LogP contribution in [0.15, 0.2) is 27.8 Å². The fourth-order valence-electron chi connectivity index (χ4n) is 1.66. The Bertz CT molecular complexity index is 648. The van der Waals surface area contributed by atoms with Crippen LogP contribution in [-0.4, -0.2) is 31.6 Å². The Labute approximate surface area is 133 Å². The molecule has 1 N–H and O–H groups in total. The van der Waals surface area contributed by atoms with E-state index in [0.717, 1.165) is 27.7 Å². The Hall–Kier alpha value is -1.05. The molecule has 0 aliphatic carbocycles. The van der Waals surface area contributed by atoms with Gasteiger partial charge < -0.3 is 5.11 Å². The number of rotatable bonds is 5. The number of hydrogen-bond donors (Lipinski definition) is 1. The summed E-state index contributed by atoms with van der Waals surface area (Å²) in [5, 5.41) is 18.1. The normalized spacial score (nSPS) is 10.8. The van der Waals surface area contributed by atoms with Crippen molar-refractivity contribution in [1.29, 1.82) is 0 Å². The first kappa shape index (κ1) is 15.3. The zero-order chi connectivity index (χ0) is 14.7. The molecule has 8 heteroatoms. The third-order valence-electron chi connectivity index (χ3n) is 2.51. The van der Waals surface area contributed by atoms with Crippen molar-refractivity contribution in [1.82, 2.24) is 14.8 Å². The van der Waals surface area contributed by atoms with Gasteiger partial charge >= 0.3 is 5.97 Å². The molecule has 0 unspecified atom stereocenters. The second-order valence-electron chi connectivity index (χ2n) is 3.84. The molecule has 0 aliphatic heterocycles. The lowest BCUT2D eigenvalue weighted by molar-refractivity contribution is -0.133. The highest BCUT2D eigenvalue weighted by molar-refractivity contribution is 9.10. The molecular formula is C12H11BrClN3O2S. The maximum atomic E-state index is 10.7. The molecule has 0 saturated carbocycles. The molecule has 1 aromatic heterocycles. The standard InChI is InChI=1S/C12H11BrClN3O2S/c1-2-9-15-16-12(20-6-10(18)19)17(9)8-5-3-4-7(14)11(8)13/h3-5H,2,6H2,1H3,(H,18,19). The monoisotopic (exact) mass is 375 g/mol. The number of carbonyl (C=O) groups is 1. The minimum atomic E-state index is -0.896. The van der Waals surface area contributed by atoms with Crippen molar-refractivity contribution in [2.45, 2.75) is 18.5 Å². The van der Waals surface area contributed by atoms with Crippen molar-refractivity contribution in [3.63, 3.8) is 0 Å². The zero-order valence-corrected chi connectivity index (χ0v) is 13.7. The van der Waals surface area contributed by atoms with Gasteiger partial charge in [-0.1, -0.05) is 36.4 Å². The lowest BCUT2D eigenvalue weighted by Crippen LogP contribution is -2.05. The Kier molecular flexibility index (Phi) is 5.06. The van der Waals surface area contributed by atoms with E-state index in [9.17, 15) is 4.79 Å². The van der Waals surface area contributed by atoms with Crippen LogP contribution in [-0.2, 0) is 11.2 Å². The summed E-state index contributed by atoms with van der Waals surface area (Å²) in [5.74, 6) is -0.214. The van der Waals surface area contributed by atoms with Crippen LogP contribution in [0.3, 0.4) is 0 Å². The fraction of sp³-hybridized carbons (Fsp3) is 0.250. The van der Waals surface area contributed by atoms with E-state index in [0.29, 0.717) is 16.6 Å². The molecular weight excluding hydrogens is 366 g/mol. The molecule has 0 spiro atoms. The summed E-state index contributed by atoms with van der Waals surface area (Å²) < 4.78 is 2.55. The molecule has 2 rings (SSSR count). The number of halogens is 2. The molecule has 106 valence electrons. The highest BCUT2D eigenvalue weighted by atomic mass is 79.9. The summed E-state index contributed by atoms with van der Waals surface area (Å²) in [5.41, 5.74) is 0.798. The molecule has 0 radical (unpaired) electrons. The van der Waals surface area contributed by atoms with Crippen LogP contribution in [0.25, 0.3) is 5.69 Å². The second kappa shape index (κ2) is 6.60. The van der Waals surface area contributed by atoms with Gasteiger partial charge in [-0.15, -0.1) is 10.2 Å². The zero-order valence-electron chi connectivity index (χ0n) is 10.5. The molecule has 1 aromatic carbocycles. The number of nitrogens with zero attached hydrogens (tertiary/aromatic N) is 3. The predicted molar refractivity (Wildman–Crippen MR) is 81.8 cm³/mol. The molecule has 2 aromatic rings. The SMILES string of the molecule is CCc1nnc(SCC(=O)O)n1-c1cccc(Cl)c1Br. The molecule has 0 atom stereocenters. The van der Waals surface area contributed by atoms with E-state index in [1.54, 1.807) is 6.07 Å². The molecule has 20 heavy (non-hydrogen) atoms.